The van der Waals surface area contributed by atoms with Crippen molar-refractivity contribution in [2.75, 3.05) is 12.8 Å². The Morgan fingerprint density at radius 3 is 2.52 bits per heavy atom. The summed E-state index contributed by atoms with van der Waals surface area (Å²) in [5.74, 6) is 0.504. The van der Waals surface area contributed by atoms with Crippen LogP contribution in [0.3, 0.4) is 0 Å². The summed E-state index contributed by atoms with van der Waals surface area (Å²) in [7, 11) is 1.67. The minimum atomic E-state index is -0.0652. The molecule has 4 rings (SSSR count). The van der Waals surface area contributed by atoms with Crippen molar-refractivity contribution in [2.24, 2.45) is 0 Å². The Morgan fingerprint density at radius 1 is 1.22 bits per heavy atom. The molecule has 1 fully saturated rings. The molecule has 0 bridgehead atoms. The van der Waals surface area contributed by atoms with E-state index in [0.717, 1.165) is 22.0 Å². The number of nitrogens with one attached hydrogen (secondary N) is 1. The lowest BCUT2D eigenvalue weighted by Crippen LogP contribution is -2.53. The largest absolute Gasteiger partial charge is 0.398 e. The molecule has 4 heteroatoms. The Hall–Kier alpha value is -2.62. The maximum Gasteiger partial charge on any atom is 0.317 e. The molecule has 0 aromatic heterocycles. The first-order valence-corrected chi connectivity index (χ1v) is 7.99. The Balaban J connectivity index is 1.96. The highest BCUT2D eigenvalue weighted by atomic mass is 16.2. The second-order valence-corrected chi connectivity index (χ2v) is 6.37. The van der Waals surface area contributed by atoms with Crippen LogP contribution in [0.15, 0.2) is 36.4 Å². The molecule has 1 saturated carbocycles. The van der Waals surface area contributed by atoms with Gasteiger partial charge in [0.1, 0.15) is 5.22 Å². The zero-order valence-electron chi connectivity index (χ0n) is 13.4. The standard InChI is InChI=1S/C19H19N3O/c1-11-3-7-13(8-4-11)22-17-10-16(20)14(12-5-6-12)9-15(17)18(22)19(23)21-2/h3-4,7-10,12,20H,5-6H2,1-2H3,(H,21,23)/p+1. The maximum atomic E-state index is 12.4. The van der Waals surface area contributed by atoms with Crippen LogP contribution >= 0.6 is 0 Å². The number of nitrogen functional groups attached to an aromatic ring is 1. The molecule has 0 radical (unpaired) electrons. The number of nitrogens with two attached hydrogens (primary N) is 1. The van der Waals surface area contributed by atoms with Gasteiger partial charge in [0.25, 0.3) is 5.70 Å². The predicted molar refractivity (Wildman–Crippen MR) is 91.6 cm³/mol. The van der Waals surface area contributed by atoms with E-state index in [1.54, 1.807) is 7.05 Å². The number of carbonyl (C=O) groups is 1. The van der Waals surface area contributed by atoms with Gasteiger partial charge in [-0.3, -0.25) is 4.79 Å². The Labute approximate surface area is 134 Å². The molecule has 0 saturated heterocycles. The van der Waals surface area contributed by atoms with Gasteiger partial charge in [-0.2, -0.15) is 0 Å². The third kappa shape index (κ3) is 2.13. The van der Waals surface area contributed by atoms with Crippen LogP contribution in [0, 0.1) is 6.92 Å². The lowest BCUT2D eigenvalue weighted by molar-refractivity contribution is -0.115. The quantitative estimate of drug-likeness (QED) is 0.660. The van der Waals surface area contributed by atoms with E-state index in [1.807, 2.05) is 22.8 Å². The fraction of sp³-hybridized carbons (Fsp3) is 0.263. The second kappa shape index (κ2) is 4.95. The minimum Gasteiger partial charge on any atom is -0.398 e. The Morgan fingerprint density at radius 2 is 1.91 bits per heavy atom. The maximum absolute atomic E-state index is 12.4. The van der Waals surface area contributed by atoms with Gasteiger partial charge in [-0.1, -0.05) is 17.7 Å². The number of amides is 1. The lowest BCUT2D eigenvalue weighted by atomic mass is 10.0. The molecule has 0 unspecified atom stereocenters. The number of hydrogen-bond donors (Lipinski definition) is 2. The molecule has 2 aliphatic rings. The number of anilines is 1. The zero-order valence-corrected chi connectivity index (χ0v) is 13.4. The van der Waals surface area contributed by atoms with Crippen LogP contribution in [0.5, 0.6) is 0 Å². The van der Waals surface area contributed by atoms with Gasteiger partial charge < -0.3 is 11.1 Å². The van der Waals surface area contributed by atoms with Crippen molar-refractivity contribution < 1.29 is 4.79 Å². The number of aryl methyl sites for hydroxylation is 1. The number of benzene rings is 2. The summed E-state index contributed by atoms with van der Waals surface area (Å²) in [6, 6.07) is 12.3. The van der Waals surface area contributed by atoms with Gasteiger partial charge in [-0.15, -0.1) is 4.58 Å². The van der Waals surface area contributed by atoms with Gasteiger partial charge in [0.15, 0.2) is 0 Å². The summed E-state index contributed by atoms with van der Waals surface area (Å²) in [4.78, 5) is 12.4. The van der Waals surface area contributed by atoms with Crippen molar-refractivity contribution in [3.63, 3.8) is 0 Å². The third-order valence-electron chi connectivity index (χ3n) is 4.67. The van der Waals surface area contributed by atoms with E-state index in [9.17, 15) is 4.79 Å². The first-order chi connectivity index (χ1) is 11.1. The first-order valence-electron chi connectivity index (χ1n) is 7.99. The molecule has 4 nitrogen and oxygen atoms in total. The van der Waals surface area contributed by atoms with Crippen molar-refractivity contribution in [3.8, 4) is 0 Å². The van der Waals surface area contributed by atoms with Crippen molar-refractivity contribution >= 4 is 23.0 Å². The van der Waals surface area contributed by atoms with E-state index in [4.69, 9.17) is 5.73 Å². The molecule has 116 valence electrons. The average Bonchev–Trinajstić information content (AvgIpc) is 3.36. The summed E-state index contributed by atoms with van der Waals surface area (Å²) < 4.78 is 1.99. The molecule has 1 heterocycles. The van der Waals surface area contributed by atoms with Crippen LogP contribution in [0.25, 0.3) is 5.70 Å². The molecule has 0 atom stereocenters. The van der Waals surface area contributed by atoms with Gasteiger partial charge in [0.2, 0.25) is 11.0 Å². The summed E-state index contributed by atoms with van der Waals surface area (Å²) >= 11 is 0. The molecular weight excluding hydrogens is 286 g/mol. The third-order valence-corrected chi connectivity index (χ3v) is 4.67. The molecule has 1 aliphatic carbocycles. The summed E-state index contributed by atoms with van der Waals surface area (Å²) in [5.41, 5.74) is 11.2. The van der Waals surface area contributed by atoms with E-state index >= 15 is 0 Å². The van der Waals surface area contributed by atoms with Crippen molar-refractivity contribution in [3.05, 3.63) is 58.1 Å². The number of hydrogen-bond acceptors (Lipinski definition) is 2. The van der Waals surface area contributed by atoms with Crippen LogP contribution in [-0.2, 0) is 4.79 Å². The van der Waals surface area contributed by atoms with Crippen LogP contribution in [-0.4, -0.2) is 13.0 Å². The van der Waals surface area contributed by atoms with E-state index in [0.29, 0.717) is 11.6 Å². The predicted octanol–water partition coefficient (Wildman–Crippen LogP) is 1.15. The smallest absolute Gasteiger partial charge is 0.317 e. The normalized spacial score (nSPS) is 15.9. The molecule has 23 heavy (non-hydrogen) atoms. The SMILES string of the molecule is CNC(=O)C1=c2cc(C3CC3)c(N)cc2=[N+]1c1ccc(C)cc1. The number of fused-ring (bicyclic) bond motifs is 1. The molecule has 3 N–H and O–H groups in total. The number of carbonyl (C=O) groups excluding carboxylic acids is 1. The van der Waals surface area contributed by atoms with Crippen molar-refractivity contribution in [1.29, 1.82) is 0 Å². The monoisotopic (exact) mass is 306 g/mol. The van der Waals surface area contributed by atoms with Gasteiger partial charge in [-0.05, 0) is 37.3 Å². The average molecular weight is 306 g/mol. The van der Waals surface area contributed by atoms with E-state index < -0.39 is 0 Å². The minimum absolute atomic E-state index is 0.0652. The number of rotatable bonds is 3. The second-order valence-electron chi connectivity index (χ2n) is 6.37. The summed E-state index contributed by atoms with van der Waals surface area (Å²) in [6.07, 6.45) is 2.39. The number of likely N-dealkylation sites (N-methyl/N-ethyl adjacent to an activating group) is 1. The fourth-order valence-electron chi connectivity index (χ4n) is 3.24. The van der Waals surface area contributed by atoms with Gasteiger partial charge >= 0.3 is 5.91 Å². The lowest BCUT2D eigenvalue weighted by Gasteiger charge is -2.14. The van der Waals surface area contributed by atoms with E-state index in [2.05, 4.69) is 30.4 Å². The van der Waals surface area contributed by atoms with Gasteiger partial charge in [-0.25, -0.2) is 0 Å². The summed E-state index contributed by atoms with van der Waals surface area (Å²) in [5, 5.41) is 4.76. The highest BCUT2D eigenvalue weighted by Gasteiger charge is 2.36. The topological polar surface area (TPSA) is 58.1 Å². The zero-order chi connectivity index (χ0) is 16.1. The Kier molecular flexibility index (Phi) is 3.01. The first kappa shape index (κ1) is 14.0. The number of nitrogens with zero attached hydrogens (tertiary/aromatic N) is 1. The van der Waals surface area contributed by atoms with E-state index in [-0.39, 0.29) is 5.91 Å². The molecule has 2 aromatic rings. The molecule has 1 amide bonds. The molecule has 1 aliphatic heterocycles. The van der Waals surface area contributed by atoms with Crippen LogP contribution in [0.2, 0.25) is 0 Å². The molecule has 2 aromatic carbocycles. The molecule has 0 spiro atoms. The highest BCUT2D eigenvalue weighted by Crippen LogP contribution is 2.41. The fourth-order valence-corrected chi connectivity index (χ4v) is 3.24. The van der Waals surface area contributed by atoms with Gasteiger partial charge in [0.05, 0.1) is 0 Å². The molecular formula is C19H20N3O+. The van der Waals surface area contributed by atoms with Crippen LogP contribution < -0.4 is 26.2 Å². The van der Waals surface area contributed by atoms with Crippen molar-refractivity contribution in [2.45, 2.75) is 25.7 Å². The van der Waals surface area contributed by atoms with Crippen LogP contribution in [0.1, 0.15) is 29.9 Å². The van der Waals surface area contributed by atoms with Crippen molar-refractivity contribution in [1.82, 2.24) is 9.89 Å². The Bertz CT molecular complexity index is 938. The van der Waals surface area contributed by atoms with Gasteiger partial charge in [0, 0.05) is 30.9 Å². The highest BCUT2D eigenvalue weighted by molar-refractivity contribution is 6.15. The van der Waals surface area contributed by atoms with E-state index in [1.165, 1.54) is 24.0 Å². The summed E-state index contributed by atoms with van der Waals surface area (Å²) in [6.45, 7) is 2.05. The van der Waals surface area contributed by atoms with Crippen LogP contribution in [0.4, 0.5) is 11.4 Å².